The first-order chi connectivity index (χ1) is 5.90. The molecule has 0 unspecified atom stereocenters. The van der Waals surface area contributed by atoms with Crippen LogP contribution in [0.25, 0.3) is 11.2 Å². The van der Waals surface area contributed by atoms with Gasteiger partial charge in [-0.3, -0.25) is 0 Å². The second-order valence-electron chi connectivity index (χ2n) is 2.26. The second-order valence-corrected chi connectivity index (χ2v) is 2.26. The third-order valence-corrected chi connectivity index (χ3v) is 1.46. The molecule has 2 heterocycles. The molecule has 0 aliphatic rings. The summed E-state index contributed by atoms with van der Waals surface area (Å²) in [6, 6.07) is 0. The van der Waals surface area contributed by atoms with E-state index in [1.54, 1.807) is 18.6 Å². The number of rotatable bonds is 1. The Labute approximate surface area is 68.7 Å². The number of nitrogens with two attached hydrogens (primary N) is 1. The Balaban J connectivity index is 2.67. The van der Waals surface area contributed by atoms with Crippen molar-refractivity contribution in [2.75, 3.05) is 0 Å². The number of hydrogen-bond acceptors (Lipinski definition) is 5. The van der Waals surface area contributed by atoms with Gasteiger partial charge >= 0.3 is 0 Å². The van der Waals surface area contributed by atoms with Gasteiger partial charge in [0.15, 0.2) is 5.65 Å². The van der Waals surface area contributed by atoms with Crippen molar-refractivity contribution < 1.29 is 0 Å². The monoisotopic (exact) mass is 161 g/mol. The highest BCUT2D eigenvalue weighted by Gasteiger charge is 1.97. The molecule has 0 spiro atoms. The van der Waals surface area contributed by atoms with Gasteiger partial charge in [-0.2, -0.15) is 0 Å². The smallest absolute Gasteiger partial charge is 0.181 e. The highest BCUT2D eigenvalue weighted by atomic mass is 15.0. The summed E-state index contributed by atoms with van der Waals surface area (Å²) in [6.45, 7) is 0.326. The van der Waals surface area contributed by atoms with Gasteiger partial charge in [-0.15, -0.1) is 0 Å². The maximum absolute atomic E-state index is 5.37. The van der Waals surface area contributed by atoms with Gasteiger partial charge < -0.3 is 5.73 Å². The highest BCUT2D eigenvalue weighted by molar-refractivity contribution is 5.67. The third kappa shape index (κ3) is 1.10. The van der Waals surface area contributed by atoms with E-state index in [1.165, 1.54) is 0 Å². The molecule has 2 N–H and O–H groups in total. The number of hydrogen-bond donors (Lipinski definition) is 1. The Morgan fingerprint density at radius 1 is 1.17 bits per heavy atom. The van der Waals surface area contributed by atoms with E-state index in [-0.39, 0.29) is 0 Å². The molecular formula is C7H7N5. The molecule has 2 rings (SSSR count). The summed E-state index contributed by atoms with van der Waals surface area (Å²) in [5.74, 6) is 0.586. The zero-order valence-electron chi connectivity index (χ0n) is 6.31. The van der Waals surface area contributed by atoms with Crippen LogP contribution in [-0.4, -0.2) is 19.9 Å². The molecule has 0 fully saturated rings. The fourth-order valence-corrected chi connectivity index (χ4v) is 0.904. The molecule has 0 aliphatic carbocycles. The van der Waals surface area contributed by atoms with Crippen LogP contribution in [0.5, 0.6) is 0 Å². The maximum atomic E-state index is 5.37. The normalized spacial score (nSPS) is 10.4. The van der Waals surface area contributed by atoms with Crippen molar-refractivity contribution in [2.45, 2.75) is 6.54 Å². The van der Waals surface area contributed by atoms with E-state index < -0.39 is 0 Å². The van der Waals surface area contributed by atoms with Crippen molar-refractivity contribution in [3.05, 3.63) is 24.4 Å². The van der Waals surface area contributed by atoms with Crippen LogP contribution >= 0.6 is 0 Å². The molecule has 0 saturated heterocycles. The molecule has 0 aliphatic heterocycles. The molecule has 0 aromatic carbocycles. The molecule has 0 radical (unpaired) electrons. The summed E-state index contributed by atoms with van der Waals surface area (Å²) in [6.07, 6.45) is 4.82. The predicted molar refractivity (Wildman–Crippen MR) is 43.0 cm³/mol. The second kappa shape index (κ2) is 2.78. The lowest BCUT2D eigenvalue weighted by atomic mass is 10.5. The molecule has 2 aromatic rings. The van der Waals surface area contributed by atoms with Crippen LogP contribution in [-0.2, 0) is 6.54 Å². The van der Waals surface area contributed by atoms with Gasteiger partial charge in [-0.25, -0.2) is 19.9 Å². The van der Waals surface area contributed by atoms with Gasteiger partial charge in [0.1, 0.15) is 11.3 Å². The van der Waals surface area contributed by atoms with E-state index in [1.807, 2.05) is 0 Å². The molecule has 0 amide bonds. The molecule has 0 bridgehead atoms. The first-order valence-corrected chi connectivity index (χ1v) is 3.53. The van der Waals surface area contributed by atoms with Crippen molar-refractivity contribution in [1.29, 1.82) is 0 Å². The lowest BCUT2D eigenvalue weighted by molar-refractivity contribution is 0.917. The zero-order valence-corrected chi connectivity index (χ0v) is 6.31. The van der Waals surface area contributed by atoms with E-state index in [2.05, 4.69) is 19.9 Å². The molecule has 0 saturated carbocycles. The Hall–Kier alpha value is -1.62. The summed E-state index contributed by atoms with van der Waals surface area (Å²) in [7, 11) is 0. The summed E-state index contributed by atoms with van der Waals surface area (Å²) in [4.78, 5) is 16.1. The minimum absolute atomic E-state index is 0.326. The van der Waals surface area contributed by atoms with Crippen LogP contribution in [0.15, 0.2) is 18.6 Å². The van der Waals surface area contributed by atoms with Crippen LogP contribution in [0.1, 0.15) is 5.82 Å². The zero-order chi connectivity index (χ0) is 8.39. The Kier molecular flexibility index (Phi) is 1.64. The van der Waals surface area contributed by atoms with E-state index in [9.17, 15) is 0 Å². The first-order valence-electron chi connectivity index (χ1n) is 3.53. The van der Waals surface area contributed by atoms with Crippen molar-refractivity contribution in [3.8, 4) is 0 Å². The molecule has 5 nitrogen and oxygen atoms in total. The summed E-state index contributed by atoms with van der Waals surface area (Å²) >= 11 is 0. The highest BCUT2D eigenvalue weighted by Crippen LogP contribution is 2.01. The topological polar surface area (TPSA) is 77.6 Å². The molecule has 12 heavy (non-hydrogen) atoms. The van der Waals surface area contributed by atoms with Gasteiger partial charge in [0.25, 0.3) is 0 Å². The average Bonchev–Trinajstić information content (AvgIpc) is 2.17. The lowest BCUT2D eigenvalue weighted by Gasteiger charge is -1.96. The Morgan fingerprint density at radius 2 is 2.00 bits per heavy atom. The predicted octanol–water partition coefficient (Wildman–Crippen LogP) is -0.122. The average molecular weight is 161 g/mol. The number of fused-ring (bicyclic) bond motifs is 1. The number of aromatic nitrogens is 4. The Bertz CT molecular complexity index is 400. The lowest BCUT2D eigenvalue weighted by Crippen LogP contribution is -2.03. The molecular weight excluding hydrogens is 154 g/mol. The van der Waals surface area contributed by atoms with E-state index in [0.717, 1.165) is 0 Å². The van der Waals surface area contributed by atoms with Gasteiger partial charge in [0.05, 0.1) is 12.7 Å². The molecule has 0 atom stereocenters. The van der Waals surface area contributed by atoms with Crippen LogP contribution in [0.4, 0.5) is 0 Å². The van der Waals surface area contributed by atoms with Gasteiger partial charge in [0, 0.05) is 12.4 Å². The van der Waals surface area contributed by atoms with Crippen LogP contribution in [0, 0.1) is 0 Å². The summed E-state index contributed by atoms with van der Waals surface area (Å²) < 4.78 is 0. The van der Waals surface area contributed by atoms with Crippen LogP contribution in [0.3, 0.4) is 0 Å². The van der Waals surface area contributed by atoms with E-state index in [4.69, 9.17) is 5.73 Å². The van der Waals surface area contributed by atoms with Crippen LogP contribution < -0.4 is 5.73 Å². The maximum Gasteiger partial charge on any atom is 0.181 e. The minimum atomic E-state index is 0.326. The van der Waals surface area contributed by atoms with Crippen LogP contribution in [0.2, 0.25) is 0 Å². The fraction of sp³-hybridized carbons (Fsp3) is 0.143. The SMILES string of the molecule is NCc1ncc2nccnc2n1. The fourth-order valence-electron chi connectivity index (χ4n) is 0.904. The van der Waals surface area contributed by atoms with E-state index in [0.29, 0.717) is 23.5 Å². The summed E-state index contributed by atoms with van der Waals surface area (Å²) in [5, 5.41) is 0. The third-order valence-electron chi connectivity index (χ3n) is 1.46. The molecule has 5 heteroatoms. The molecule has 60 valence electrons. The van der Waals surface area contributed by atoms with E-state index >= 15 is 0 Å². The summed E-state index contributed by atoms with van der Waals surface area (Å²) in [5.41, 5.74) is 6.65. The largest absolute Gasteiger partial charge is 0.324 e. The van der Waals surface area contributed by atoms with Crippen molar-refractivity contribution in [2.24, 2.45) is 5.73 Å². The standard InChI is InChI=1S/C7H7N5/c8-3-6-11-4-5-7(12-6)10-2-1-9-5/h1-2,4H,3,8H2. The van der Waals surface area contributed by atoms with Gasteiger partial charge in [-0.05, 0) is 0 Å². The minimum Gasteiger partial charge on any atom is -0.324 e. The van der Waals surface area contributed by atoms with Crippen molar-refractivity contribution >= 4 is 11.2 Å². The van der Waals surface area contributed by atoms with Crippen molar-refractivity contribution in [3.63, 3.8) is 0 Å². The van der Waals surface area contributed by atoms with Crippen molar-refractivity contribution in [1.82, 2.24) is 19.9 Å². The number of nitrogens with zero attached hydrogens (tertiary/aromatic N) is 4. The quantitative estimate of drug-likeness (QED) is 0.630. The van der Waals surface area contributed by atoms with Gasteiger partial charge in [0.2, 0.25) is 0 Å². The van der Waals surface area contributed by atoms with Gasteiger partial charge in [-0.1, -0.05) is 0 Å². The Morgan fingerprint density at radius 3 is 2.83 bits per heavy atom. The first kappa shape index (κ1) is 7.05. The molecule has 2 aromatic heterocycles.